The zero-order valence-electron chi connectivity index (χ0n) is 20.5. The molecule has 0 N–H and O–H groups in total. The predicted molar refractivity (Wildman–Crippen MR) is 134 cm³/mol. The molecule has 1 amide bonds. The number of carbonyl (C=O) groups is 2. The highest BCUT2D eigenvalue weighted by atomic mass is 32.2. The molecule has 8 nitrogen and oxygen atoms in total. The number of piperidine rings is 1. The van der Waals surface area contributed by atoms with Gasteiger partial charge in [0, 0.05) is 38.8 Å². The lowest BCUT2D eigenvalue weighted by Gasteiger charge is -2.31. The smallest absolute Gasteiger partial charge is 0.274 e. The number of benzene rings is 1. The molecule has 3 aromatic rings. The van der Waals surface area contributed by atoms with E-state index in [1.54, 1.807) is 38.0 Å². The Balaban J connectivity index is 1.44. The SMILES string of the molecule is CCN(CC)C(=O)c1cc2cc(C3CCN(S(=O)(=O)c4ccc(CC(C)=O)cc4)CC3)ccn2n1. The number of sulfonamides is 1. The fourth-order valence-electron chi connectivity index (χ4n) is 4.69. The molecule has 0 radical (unpaired) electrons. The van der Waals surface area contributed by atoms with Crippen LogP contribution in [0, 0.1) is 0 Å². The molecular weight excluding hydrogens is 464 g/mol. The molecule has 1 aromatic carbocycles. The van der Waals surface area contributed by atoms with Gasteiger partial charge in [0.05, 0.1) is 10.4 Å². The quantitative estimate of drug-likeness (QED) is 0.476. The van der Waals surface area contributed by atoms with Crippen LogP contribution in [0.2, 0.25) is 0 Å². The number of aromatic nitrogens is 2. The molecule has 4 rings (SSSR count). The van der Waals surface area contributed by atoms with Gasteiger partial charge in [0.25, 0.3) is 5.91 Å². The molecule has 186 valence electrons. The van der Waals surface area contributed by atoms with E-state index in [4.69, 9.17) is 0 Å². The second kappa shape index (κ2) is 10.3. The number of Topliss-reactive ketones (excluding diaryl/α,β-unsaturated/α-hetero) is 1. The summed E-state index contributed by atoms with van der Waals surface area (Å²) in [4.78, 5) is 26.0. The number of hydrogen-bond donors (Lipinski definition) is 0. The molecule has 2 aromatic heterocycles. The van der Waals surface area contributed by atoms with Gasteiger partial charge in [0.1, 0.15) is 5.78 Å². The Bertz CT molecular complexity index is 1320. The fourth-order valence-corrected chi connectivity index (χ4v) is 6.16. The number of carbonyl (C=O) groups excluding carboxylic acids is 2. The molecule has 9 heteroatoms. The number of fused-ring (bicyclic) bond motifs is 1. The van der Waals surface area contributed by atoms with E-state index in [0.717, 1.165) is 29.5 Å². The standard InChI is InChI=1S/C26H32N4O4S/c1-4-28(5-2)26(32)25-18-23-17-22(12-15-30(23)27-25)21-10-13-29(14-11-21)35(33,34)24-8-6-20(7-9-24)16-19(3)31/h6-9,12,15,17-18,21H,4-5,10-11,13-14,16H2,1-3H3. The van der Waals surface area contributed by atoms with Crippen LogP contribution >= 0.6 is 0 Å². The molecule has 0 saturated carbocycles. The normalized spacial score (nSPS) is 15.4. The van der Waals surface area contributed by atoms with Gasteiger partial charge in [-0.05, 0) is 81.0 Å². The van der Waals surface area contributed by atoms with Crippen molar-refractivity contribution in [1.29, 1.82) is 0 Å². The average Bonchev–Trinajstić information content (AvgIpc) is 3.28. The first-order valence-corrected chi connectivity index (χ1v) is 13.5. The number of ketones is 1. The lowest BCUT2D eigenvalue weighted by Crippen LogP contribution is -2.37. The number of amides is 1. The average molecular weight is 497 g/mol. The lowest BCUT2D eigenvalue weighted by molar-refractivity contribution is -0.116. The first-order valence-electron chi connectivity index (χ1n) is 12.1. The summed E-state index contributed by atoms with van der Waals surface area (Å²) >= 11 is 0. The zero-order valence-corrected chi connectivity index (χ0v) is 21.3. The van der Waals surface area contributed by atoms with Gasteiger partial charge in [-0.2, -0.15) is 9.40 Å². The van der Waals surface area contributed by atoms with E-state index in [0.29, 0.717) is 38.3 Å². The monoisotopic (exact) mass is 496 g/mol. The van der Waals surface area contributed by atoms with Crippen molar-refractivity contribution in [2.45, 2.75) is 50.8 Å². The second-order valence-corrected chi connectivity index (χ2v) is 11.0. The first kappa shape index (κ1) is 25.1. The summed E-state index contributed by atoms with van der Waals surface area (Å²) in [6, 6.07) is 12.5. The van der Waals surface area contributed by atoms with Crippen molar-refractivity contribution in [3.8, 4) is 0 Å². The molecule has 0 aliphatic carbocycles. The van der Waals surface area contributed by atoms with Crippen LogP contribution in [0.5, 0.6) is 0 Å². The Morgan fingerprint density at radius 2 is 1.69 bits per heavy atom. The third kappa shape index (κ3) is 5.31. The highest BCUT2D eigenvalue weighted by Crippen LogP contribution is 2.31. The Hall–Kier alpha value is -3.04. The van der Waals surface area contributed by atoms with Crippen molar-refractivity contribution in [2.24, 2.45) is 0 Å². The van der Waals surface area contributed by atoms with Gasteiger partial charge in [-0.1, -0.05) is 12.1 Å². The third-order valence-electron chi connectivity index (χ3n) is 6.70. The van der Waals surface area contributed by atoms with E-state index in [2.05, 4.69) is 11.2 Å². The minimum atomic E-state index is -3.57. The van der Waals surface area contributed by atoms with E-state index in [1.165, 1.54) is 6.92 Å². The maximum atomic E-state index is 13.1. The maximum Gasteiger partial charge on any atom is 0.274 e. The van der Waals surface area contributed by atoms with Crippen molar-refractivity contribution in [3.63, 3.8) is 0 Å². The largest absolute Gasteiger partial charge is 0.338 e. The molecule has 1 aliphatic rings. The number of pyridine rings is 1. The summed E-state index contributed by atoms with van der Waals surface area (Å²) in [6.07, 6.45) is 3.61. The molecule has 0 spiro atoms. The Morgan fingerprint density at radius 3 is 2.29 bits per heavy atom. The molecule has 1 fully saturated rings. The number of rotatable bonds is 8. The summed E-state index contributed by atoms with van der Waals surface area (Å²) < 4.78 is 29.5. The highest BCUT2D eigenvalue weighted by Gasteiger charge is 2.30. The third-order valence-corrected chi connectivity index (χ3v) is 8.61. The van der Waals surface area contributed by atoms with E-state index in [9.17, 15) is 18.0 Å². The molecule has 0 unspecified atom stereocenters. The van der Waals surface area contributed by atoms with Gasteiger partial charge in [-0.25, -0.2) is 12.9 Å². The van der Waals surface area contributed by atoms with Gasteiger partial charge in [0.2, 0.25) is 10.0 Å². The van der Waals surface area contributed by atoms with Crippen LogP contribution in [0.4, 0.5) is 0 Å². The summed E-state index contributed by atoms with van der Waals surface area (Å²) in [5.41, 5.74) is 3.23. The van der Waals surface area contributed by atoms with E-state index in [-0.39, 0.29) is 22.5 Å². The molecule has 3 heterocycles. The zero-order chi connectivity index (χ0) is 25.2. The Morgan fingerprint density at radius 1 is 1.03 bits per heavy atom. The van der Waals surface area contributed by atoms with Crippen LogP contribution in [0.25, 0.3) is 5.52 Å². The summed E-state index contributed by atoms with van der Waals surface area (Å²) in [5.74, 6) is 0.206. The van der Waals surface area contributed by atoms with E-state index < -0.39 is 10.0 Å². The van der Waals surface area contributed by atoms with E-state index >= 15 is 0 Å². The van der Waals surface area contributed by atoms with Crippen molar-refractivity contribution < 1.29 is 18.0 Å². The van der Waals surface area contributed by atoms with Gasteiger partial charge >= 0.3 is 0 Å². The minimum absolute atomic E-state index is 0.0449. The van der Waals surface area contributed by atoms with Gasteiger partial charge < -0.3 is 4.90 Å². The van der Waals surface area contributed by atoms with Crippen LogP contribution in [0.15, 0.2) is 53.6 Å². The van der Waals surface area contributed by atoms with Gasteiger partial charge in [0.15, 0.2) is 5.69 Å². The Labute approximate surface area is 206 Å². The first-order chi connectivity index (χ1) is 16.7. The van der Waals surface area contributed by atoms with E-state index in [1.807, 2.05) is 32.2 Å². The predicted octanol–water partition coefficient (Wildman–Crippen LogP) is 3.52. The van der Waals surface area contributed by atoms with Crippen molar-refractivity contribution in [3.05, 3.63) is 65.5 Å². The summed E-state index contributed by atoms with van der Waals surface area (Å²) in [6.45, 7) is 7.58. The molecule has 1 aliphatic heterocycles. The van der Waals surface area contributed by atoms with Gasteiger partial charge in [-0.15, -0.1) is 0 Å². The van der Waals surface area contributed by atoms with Crippen molar-refractivity contribution >= 4 is 27.2 Å². The maximum absolute atomic E-state index is 13.1. The fraction of sp³-hybridized carbons (Fsp3) is 0.423. The molecule has 1 saturated heterocycles. The lowest BCUT2D eigenvalue weighted by atomic mass is 9.91. The van der Waals surface area contributed by atoms with Crippen LogP contribution in [0.1, 0.15) is 61.1 Å². The number of hydrogen-bond acceptors (Lipinski definition) is 5. The molecule has 0 bridgehead atoms. The molecule has 0 atom stereocenters. The minimum Gasteiger partial charge on any atom is -0.338 e. The molecular formula is C26H32N4O4S. The van der Waals surface area contributed by atoms with Crippen LogP contribution in [0.3, 0.4) is 0 Å². The van der Waals surface area contributed by atoms with Crippen molar-refractivity contribution in [1.82, 2.24) is 18.8 Å². The van der Waals surface area contributed by atoms with Crippen molar-refractivity contribution in [2.75, 3.05) is 26.2 Å². The Kier molecular flexibility index (Phi) is 7.37. The topological polar surface area (TPSA) is 92.1 Å². The second-order valence-electron chi connectivity index (χ2n) is 9.04. The van der Waals surface area contributed by atoms with Crippen LogP contribution in [-0.2, 0) is 21.2 Å². The number of nitrogens with zero attached hydrogens (tertiary/aromatic N) is 4. The van der Waals surface area contributed by atoms with Gasteiger partial charge in [-0.3, -0.25) is 9.59 Å². The van der Waals surface area contributed by atoms with Crippen LogP contribution in [-0.4, -0.2) is 65.1 Å². The summed E-state index contributed by atoms with van der Waals surface area (Å²) in [5, 5.41) is 4.43. The highest BCUT2D eigenvalue weighted by molar-refractivity contribution is 7.89. The van der Waals surface area contributed by atoms with Crippen LogP contribution < -0.4 is 0 Å². The summed E-state index contributed by atoms with van der Waals surface area (Å²) in [7, 11) is -3.57. The molecule has 35 heavy (non-hydrogen) atoms.